The Morgan fingerprint density at radius 2 is 1.42 bits per heavy atom. The van der Waals surface area contributed by atoms with Crippen molar-refractivity contribution in [2.24, 2.45) is 0 Å². The van der Waals surface area contributed by atoms with Gasteiger partial charge in [-0.25, -0.2) is 0 Å². The Morgan fingerprint density at radius 1 is 0.917 bits per heavy atom. The van der Waals surface area contributed by atoms with Gasteiger partial charge < -0.3 is 14.0 Å². The summed E-state index contributed by atoms with van der Waals surface area (Å²) in [6.45, 7) is 5.65. The van der Waals surface area contributed by atoms with E-state index in [1.807, 2.05) is 41.2 Å². The van der Waals surface area contributed by atoms with Crippen LogP contribution in [0.4, 0.5) is 0 Å². The molecule has 5 heteroatoms. The van der Waals surface area contributed by atoms with Crippen LogP contribution in [-0.4, -0.2) is 29.7 Å². The molecule has 0 N–H and O–H groups in total. The van der Waals surface area contributed by atoms with Crippen molar-refractivity contribution in [1.29, 1.82) is 0 Å². The Balaban J connectivity index is 2.46. The molecular formula is C19H23NO4. The topological polar surface area (TPSA) is 57.5 Å². The molecule has 2 rings (SSSR count). The molecule has 0 aliphatic carbocycles. The van der Waals surface area contributed by atoms with Gasteiger partial charge in [-0.05, 0) is 50.1 Å². The van der Waals surface area contributed by atoms with Crippen LogP contribution >= 0.6 is 0 Å². The van der Waals surface area contributed by atoms with Crippen molar-refractivity contribution >= 4 is 11.9 Å². The van der Waals surface area contributed by atoms with E-state index in [0.29, 0.717) is 5.56 Å². The number of benzene rings is 1. The first kappa shape index (κ1) is 17.8. The Morgan fingerprint density at radius 3 is 1.83 bits per heavy atom. The molecule has 0 saturated heterocycles. The molecule has 0 saturated carbocycles. The summed E-state index contributed by atoms with van der Waals surface area (Å²) in [4.78, 5) is 25.2. The zero-order valence-corrected chi connectivity index (χ0v) is 14.3. The van der Waals surface area contributed by atoms with Gasteiger partial charge in [0.15, 0.2) is 5.41 Å². The lowest BCUT2D eigenvalue weighted by Crippen LogP contribution is -2.45. The van der Waals surface area contributed by atoms with Crippen molar-refractivity contribution in [3.05, 3.63) is 54.4 Å². The number of nitrogens with zero attached hydrogens (tertiary/aromatic N) is 1. The van der Waals surface area contributed by atoms with E-state index >= 15 is 0 Å². The van der Waals surface area contributed by atoms with E-state index in [1.165, 1.54) is 0 Å². The first-order chi connectivity index (χ1) is 11.6. The van der Waals surface area contributed by atoms with Crippen LogP contribution < -0.4 is 0 Å². The quantitative estimate of drug-likeness (QED) is 0.578. The molecule has 2 aromatic rings. The van der Waals surface area contributed by atoms with Crippen molar-refractivity contribution in [2.75, 3.05) is 13.2 Å². The summed E-state index contributed by atoms with van der Waals surface area (Å²) in [5.41, 5.74) is 0.0978. The maximum absolute atomic E-state index is 12.6. The normalized spacial score (nSPS) is 11.1. The fourth-order valence-corrected chi connectivity index (χ4v) is 2.75. The van der Waals surface area contributed by atoms with Crippen LogP contribution in [0.5, 0.6) is 0 Å². The molecule has 0 unspecified atom stereocenters. The average Bonchev–Trinajstić information content (AvgIpc) is 3.12. The largest absolute Gasteiger partial charge is 0.465 e. The lowest BCUT2D eigenvalue weighted by atomic mass is 9.78. The minimum Gasteiger partial charge on any atom is -0.465 e. The van der Waals surface area contributed by atoms with Gasteiger partial charge in [0, 0.05) is 18.1 Å². The zero-order valence-electron chi connectivity index (χ0n) is 14.3. The third kappa shape index (κ3) is 3.20. The molecule has 0 atom stereocenters. The molecule has 5 nitrogen and oxygen atoms in total. The second-order valence-electron chi connectivity index (χ2n) is 5.34. The highest BCUT2D eigenvalue weighted by Crippen LogP contribution is 2.32. The van der Waals surface area contributed by atoms with Crippen LogP contribution in [0.1, 0.15) is 32.8 Å². The molecule has 0 spiro atoms. The van der Waals surface area contributed by atoms with Crippen LogP contribution in [0, 0.1) is 0 Å². The first-order valence-corrected chi connectivity index (χ1v) is 8.18. The smallest absolute Gasteiger partial charge is 0.328 e. The molecule has 0 aliphatic heterocycles. The number of hydrogen-bond donors (Lipinski definition) is 0. The molecule has 0 bridgehead atoms. The minimum atomic E-state index is -1.43. The predicted molar refractivity (Wildman–Crippen MR) is 91.0 cm³/mol. The Bertz CT molecular complexity index is 656. The van der Waals surface area contributed by atoms with Crippen LogP contribution in [-0.2, 0) is 24.5 Å². The van der Waals surface area contributed by atoms with Crippen molar-refractivity contribution < 1.29 is 19.1 Å². The number of esters is 2. The molecular weight excluding hydrogens is 306 g/mol. The van der Waals surface area contributed by atoms with Crippen LogP contribution in [0.2, 0.25) is 0 Å². The van der Waals surface area contributed by atoms with Crippen LogP contribution in [0.15, 0.2) is 48.8 Å². The maximum Gasteiger partial charge on any atom is 0.328 e. The molecule has 1 aromatic carbocycles. The Hall–Kier alpha value is -2.56. The summed E-state index contributed by atoms with van der Waals surface area (Å²) < 4.78 is 12.3. The molecule has 0 aliphatic rings. The summed E-state index contributed by atoms with van der Waals surface area (Å²) in [6, 6.07) is 11.2. The van der Waals surface area contributed by atoms with E-state index in [9.17, 15) is 9.59 Å². The van der Waals surface area contributed by atoms with Crippen molar-refractivity contribution in [3.63, 3.8) is 0 Å². The molecule has 1 heterocycles. The zero-order chi connectivity index (χ0) is 17.6. The van der Waals surface area contributed by atoms with Gasteiger partial charge in [-0.15, -0.1) is 0 Å². The SMILES string of the molecule is CCOC(=O)C(CC)(C(=O)OCC)c1ccc(-n2cccc2)cc1. The highest BCUT2D eigenvalue weighted by molar-refractivity contribution is 6.06. The van der Waals surface area contributed by atoms with Gasteiger partial charge >= 0.3 is 11.9 Å². The summed E-state index contributed by atoms with van der Waals surface area (Å²) in [6.07, 6.45) is 4.13. The van der Waals surface area contributed by atoms with Gasteiger partial charge in [-0.3, -0.25) is 9.59 Å². The number of ether oxygens (including phenoxy) is 2. The van der Waals surface area contributed by atoms with E-state index < -0.39 is 17.4 Å². The van der Waals surface area contributed by atoms with E-state index in [2.05, 4.69) is 0 Å². The van der Waals surface area contributed by atoms with Gasteiger partial charge in [0.25, 0.3) is 0 Å². The number of carbonyl (C=O) groups is 2. The van der Waals surface area contributed by atoms with Gasteiger partial charge in [-0.2, -0.15) is 0 Å². The molecule has 128 valence electrons. The molecule has 1 aromatic heterocycles. The third-order valence-electron chi connectivity index (χ3n) is 4.04. The minimum absolute atomic E-state index is 0.210. The number of carbonyl (C=O) groups excluding carboxylic acids is 2. The second-order valence-corrected chi connectivity index (χ2v) is 5.34. The van der Waals surface area contributed by atoms with Crippen molar-refractivity contribution in [1.82, 2.24) is 4.57 Å². The molecule has 24 heavy (non-hydrogen) atoms. The second kappa shape index (κ2) is 7.81. The maximum atomic E-state index is 12.6. The van der Waals surface area contributed by atoms with Gasteiger partial charge in [-0.1, -0.05) is 19.1 Å². The Kier molecular flexibility index (Phi) is 5.79. The van der Waals surface area contributed by atoms with Crippen molar-refractivity contribution in [3.8, 4) is 5.69 Å². The lowest BCUT2D eigenvalue weighted by molar-refractivity contribution is -0.165. The summed E-state index contributed by atoms with van der Waals surface area (Å²) in [5.74, 6) is -1.14. The fourth-order valence-electron chi connectivity index (χ4n) is 2.75. The summed E-state index contributed by atoms with van der Waals surface area (Å²) in [7, 11) is 0. The molecule has 0 radical (unpaired) electrons. The number of aromatic nitrogens is 1. The fraction of sp³-hybridized carbons (Fsp3) is 0.368. The molecule has 0 fully saturated rings. The van der Waals surface area contributed by atoms with E-state index in [4.69, 9.17) is 9.47 Å². The van der Waals surface area contributed by atoms with Crippen molar-refractivity contribution in [2.45, 2.75) is 32.6 Å². The third-order valence-corrected chi connectivity index (χ3v) is 4.04. The Labute approximate surface area is 142 Å². The van der Waals surface area contributed by atoms with E-state index in [-0.39, 0.29) is 19.6 Å². The van der Waals surface area contributed by atoms with Gasteiger partial charge in [0.1, 0.15) is 0 Å². The predicted octanol–water partition coefficient (Wildman–Crippen LogP) is 3.25. The van der Waals surface area contributed by atoms with Gasteiger partial charge in [0.2, 0.25) is 0 Å². The highest BCUT2D eigenvalue weighted by Gasteiger charge is 2.49. The molecule has 0 amide bonds. The first-order valence-electron chi connectivity index (χ1n) is 8.18. The van der Waals surface area contributed by atoms with Gasteiger partial charge in [0.05, 0.1) is 13.2 Å². The lowest BCUT2D eigenvalue weighted by Gasteiger charge is -2.28. The standard InChI is InChI=1S/C19H23NO4/c1-4-19(17(21)23-5-2,18(22)24-6-3)15-9-11-16(12-10-15)20-13-7-8-14-20/h7-14H,4-6H2,1-3H3. The number of rotatable bonds is 7. The summed E-state index contributed by atoms with van der Waals surface area (Å²) >= 11 is 0. The number of hydrogen-bond acceptors (Lipinski definition) is 4. The monoisotopic (exact) mass is 329 g/mol. The van der Waals surface area contributed by atoms with Crippen LogP contribution in [0.3, 0.4) is 0 Å². The summed E-state index contributed by atoms with van der Waals surface area (Å²) in [5, 5.41) is 0. The highest BCUT2D eigenvalue weighted by atomic mass is 16.6. The van der Waals surface area contributed by atoms with E-state index in [1.54, 1.807) is 32.9 Å². The van der Waals surface area contributed by atoms with E-state index in [0.717, 1.165) is 5.69 Å². The average molecular weight is 329 g/mol. The van der Waals surface area contributed by atoms with Crippen LogP contribution in [0.25, 0.3) is 5.69 Å².